The lowest BCUT2D eigenvalue weighted by Gasteiger charge is -2.22. The average Bonchev–Trinajstić information content (AvgIpc) is 3.16. The molecule has 4 heteroatoms. The number of anilines is 1. The van der Waals surface area contributed by atoms with E-state index in [1.807, 2.05) is 18.2 Å². The molecule has 2 N–H and O–H groups in total. The summed E-state index contributed by atoms with van der Waals surface area (Å²) in [5.41, 5.74) is 3.48. The number of carbonyl (C=O) groups is 1. The Morgan fingerprint density at radius 1 is 1.29 bits per heavy atom. The molecule has 0 saturated carbocycles. The van der Waals surface area contributed by atoms with Gasteiger partial charge in [-0.05, 0) is 29.7 Å². The molecule has 1 aliphatic heterocycles. The summed E-state index contributed by atoms with van der Waals surface area (Å²) in [5.74, 6) is 0.510. The number of para-hydroxylation sites is 1. The molecule has 3 rings (SSSR count). The Balaban J connectivity index is 1.68. The number of nitrogens with zero attached hydrogens (tertiary/aromatic N) is 1. The quantitative estimate of drug-likeness (QED) is 0.870. The molecule has 0 radical (unpaired) electrons. The van der Waals surface area contributed by atoms with Crippen LogP contribution in [0.5, 0.6) is 0 Å². The van der Waals surface area contributed by atoms with Crippen LogP contribution in [0.4, 0.5) is 5.69 Å². The second-order valence-electron chi connectivity index (χ2n) is 7.11. The van der Waals surface area contributed by atoms with Gasteiger partial charge in [-0.25, -0.2) is 0 Å². The van der Waals surface area contributed by atoms with Crippen LogP contribution >= 0.6 is 0 Å². The van der Waals surface area contributed by atoms with Crippen molar-refractivity contribution in [3.63, 3.8) is 0 Å². The summed E-state index contributed by atoms with van der Waals surface area (Å²) >= 11 is 0. The molecule has 1 aromatic heterocycles. The molecule has 0 spiro atoms. The number of likely N-dealkylation sites (tertiary alicyclic amines) is 1. The minimum absolute atomic E-state index is 0.110. The maximum atomic E-state index is 12.6. The number of rotatable bonds is 5. The molecular formula is C20H28N3O+. The van der Waals surface area contributed by atoms with Crippen LogP contribution in [-0.2, 0) is 11.8 Å². The summed E-state index contributed by atoms with van der Waals surface area (Å²) in [7, 11) is 2.09. The largest absolute Gasteiger partial charge is 0.350 e. The van der Waals surface area contributed by atoms with E-state index in [2.05, 4.69) is 55.2 Å². The third-order valence-electron chi connectivity index (χ3n) is 5.07. The lowest BCUT2D eigenvalue weighted by Crippen LogP contribution is -3.11. The van der Waals surface area contributed by atoms with Crippen molar-refractivity contribution in [2.75, 3.05) is 18.4 Å². The van der Waals surface area contributed by atoms with Gasteiger partial charge in [0.15, 0.2) is 6.54 Å². The summed E-state index contributed by atoms with van der Waals surface area (Å²) < 4.78 is 2.18. The number of hydrogen-bond donors (Lipinski definition) is 2. The van der Waals surface area contributed by atoms with Crippen LogP contribution in [0.2, 0.25) is 0 Å². The minimum Gasteiger partial charge on any atom is -0.350 e. The molecule has 0 bridgehead atoms. The summed E-state index contributed by atoms with van der Waals surface area (Å²) in [6.45, 7) is 5.90. The van der Waals surface area contributed by atoms with Gasteiger partial charge in [-0.3, -0.25) is 4.79 Å². The lowest BCUT2D eigenvalue weighted by atomic mass is 10.0. The Morgan fingerprint density at radius 3 is 2.79 bits per heavy atom. The van der Waals surface area contributed by atoms with Gasteiger partial charge in [0.25, 0.3) is 5.91 Å². The highest BCUT2D eigenvalue weighted by Crippen LogP contribution is 2.23. The van der Waals surface area contributed by atoms with Crippen molar-refractivity contribution in [2.24, 2.45) is 7.05 Å². The van der Waals surface area contributed by atoms with Crippen molar-refractivity contribution in [2.45, 2.75) is 38.6 Å². The van der Waals surface area contributed by atoms with Crippen molar-refractivity contribution < 1.29 is 9.69 Å². The number of aryl methyl sites for hydroxylation is 1. The fourth-order valence-electron chi connectivity index (χ4n) is 3.83. The highest BCUT2D eigenvalue weighted by atomic mass is 16.2. The second-order valence-corrected chi connectivity index (χ2v) is 7.11. The molecule has 2 atom stereocenters. The standard InChI is InChI=1S/C20H27N3O/c1-15(2)16-8-4-5-9-17(16)21-20(24)14-23-13-7-11-19(23)18-10-6-12-22(18)3/h4-6,8-10,12,15,19H,7,11,13-14H2,1-3H3,(H,21,24)/p+1/t19-/m0/s1. The normalized spacial score (nSPS) is 20.5. The monoisotopic (exact) mass is 326 g/mol. The maximum Gasteiger partial charge on any atom is 0.279 e. The average molecular weight is 326 g/mol. The predicted octanol–water partition coefficient (Wildman–Crippen LogP) is 2.51. The van der Waals surface area contributed by atoms with Gasteiger partial charge < -0.3 is 14.8 Å². The SMILES string of the molecule is CC(C)c1ccccc1NC(=O)C[NH+]1CCC[C@H]1c1cccn1C. The van der Waals surface area contributed by atoms with Gasteiger partial charge in [-0.1, -0.05) is 32.0 Å². The highest BCUT2D eigenvalue weighted by Gasteiger charge is 2.33. The zero-order chi connectivity index (χ0) is 17.1. The van der Waals surface area contributed by atoms with Gasteiger partial charge in [0.05, 0.1) is 12.2 Å². The molecule has 1 aliphatic rings. The van der Waals surface area contributed by atoms with Gasteiger partial charge >= 0.3 is 0 Å². The van der Waals surface area contributed by atoms with Gasteiger partial charge in [0, 0.05) is 31.8 Å². The van der Waals surface area contributed by atoms with Crippen LogP contribution < -0.4 is 10.2 Å². The van der Waals surface area contributed by atoms with Crippen LogP contribution in [0.15, 0.2) is 42.6 Å². The first-order valence-corrected chi connectivity index (χ1v) is 8.91. The van der Waals surface area contributed by atoms with E-state index in [0.717, 1.165) is 18.7 Å². The zero-order valence-electron chi connectivity index (χ0n) is 14.9. The van der Waals surface area contributed by atoms with E-state index >= 15 is 0 Å². The van der Waals surface area contributed by atoms with Crippen molar-refractivity contribution in [3.05, 3.63) is 53.9 Å². The first kappa shape index (κ1) is 16.8. The van der Waals surface area contributed by atoms with Crippen LogP contribution in [0.3, 0.4) is 0 Å². The van der Waals surface area contributed by atoms with Crippen LogP contribution in [-0.4, -0.2) is 23.6 Å². The third kappa shape index (κ3) is 3.54. The number of hydrogen-bond acceptors (Lipinski definition) is 1. The molecule has 2 aromatic rings. The van der Waals surface area contributed by atoms with E-state index in [4.69, 9.17) is 0 Å². The van der Waals surface area contributed by atoms with Gasteiger partial charge in [0.1, 0.15) is 6.04 Å². The van der Waals surface area contributed by atoms with Crippen LogP contribution in [0.1, 0.15) is 49.9 Å². The van der Waals surface area contributed by atoms with E-state index in [9.17, 15) is 4.79 Å². The summed E-state index contributed by atoms with van der Waals surface area (Å²) in [6, 6.07) is 12.8. The van der Waals surface area contributed by atoms with Crippen molar-refractivity contribution >= 4 is 11.6 Å². The molecule has 1 aromatic carbocycles. The molecule has 1 fully saturated rings. The first-order chi connectivity index (χ1) is 11.6. The Morgan fingerprint density at radius 2 is 2.08 bits per heavy atom. The molecule has 1 unspecified atom stereocenters. The van der Waals surface area contributed by atoms with E-state index in [1.54, 1.807) is 0 Å². The number of quaternary nitrogens is 1. The van der Waals surface area contributed by atoms with Crippen LogP contribution in [0.25, 0.3) is 0 Å². The molecule has 0 aliphatic carbocycles. The Kier molecular flexibility index (Phi) is 5.05. The number of aromatic nitrogens is 1. The lowest BCUT2D eigenvalue weighted by molar-refractivity contribution is -0.910. The van der Waals surface area contributed by atoms with Crippen molar-refractivity contribution in [1.82, 2.24) is 4.57 Å². The topological polar surface area (TPSA) is 38.5 Å². The maximum absolute atomic E-state index is 12.6. The fourth-order valence-corrected chi connectivity index (χ4v) is 3.83. The highest BCUT2D eigenvalue weighted by molar-refractivity contribution is 5.92. The number of amides is 1. The summed E-state index contributed by atoms with van der Waals surface area (Å²) in [4.78, 5) is 14.0. The first-order valence-electron chi connectivity index (χ1n) is 8.91. The zero-order valence-corrected chi connectivity index (χ0v) is 14.9. The fraction of sp³-hybridized carbons (Fsp3) is 0.450. The van der Waals surface area contributed by atoms with Crippen molar-refractivity contribution in [3.8, 4) is 0 Å². The summed E-state index contributed by atoms with van der Waals surface area (Å²) in [6.07, 6.45) is 4.42. The second kappa shape index (κ2) is 7.22. The third-order valence-corrected chi connectivity index (χ3v) is 5.07. The van der Waals surface area contributed by atoms with E-state index in [1.165, 1.54) is 22.6 Å². The summed E-state index contributed by atoms with van der Waals surface area (Å²) in [5, 5.41) is 3.13. The van der Waals surface area contributed by atoms with Crippen molar-refractivity contribution in [1.29, 1.82) is 0 Å². The predicted molar refractivity (Wildman–Crippen MR) is 97.2 cm³/mol. The van der Waals surface area contributed by atoms with Gasteiger partial charge in [-0.2, -0.15) is 0 Å². The smallest absolute Gasteiger partial charge is 0.279 e. The van der Waals surface area contributed by atoms with E-state index < -0.39 is 0 Å². The number of carbonyl (C=O) groups excluding carboxylic acids is 1. The van der Waals surface area contributed by atoms with E-state index in [0.29, 0.717) is 18.5 Å². The molecule has 1 amide bonds. The molecular weight excluding hydrogens is 298 g/mol. The Labute approximate surface area is 144 Å². The molecule has 4 nitrogen and oxygen atoms in total. The van der Waals surface area contributed by atoms with Crippen LogP contribution in [0, 0.1) is 0 Å². The minimum atomic E-state index is 0.110. The van der Waals surface area contributed by atoms with Gasteiger partial charge in [0.2, 0.25) is 0 Å². The Bertz CT molecular complexity index is 704. The Hall–Kier alpha value is -2.07. The molecule has 1 saturated heterocycles. The molecule has 2 heterocycles. The molecule has 128 valence electrons. The molecule has 24 heavy (non-hydrogen) atoms. The number of benzene rings is 1. The number of nitrogens with one attached hydrogen (secondary N) is 2. The van der Waals surface area contributed by atoms with E-state index in [-0.39, 0.29) is 5.91 Å². The van der Waals surface area contributed by atoms with Gasteiger partial charge in [-0.15, -0.1) is 0 Å².